The molecule has 1 aromatic carbocycles. The highest BCUT2D eigenvalue weighted by Gasteiger charge is 2.16. The molecule has 0 aliphatic rings. The van der Waals surface area contributed by atoms with E-state index >= 15 is 0 Å². The molecule has 4 nitrogen and oxygen atoms in total. The van der Waals surface area contributed by atoms with Gasteiger partial charge in [0, 0.05) is 12.7 Å². The smallest absolute Gasteiger partial charge is 0.274 e. The summed E-state index contributed by atoms with van der Waals surface area (Å²) in [6.45, 7) is 2.22. The number of rotatable bonds is 5. The van der Waals surface area contributed by atoms with Gasteiger partial charge >= 0.3 is 0 Å². The lowest BCUT2D eigenvalue weighted by atomic mass is 10.2. The summed E-state index contributed by atoms with van der Waals surface area (Å²) in [4.78, 5) is 16.5. The lowest BCUT2D eigenvalue weighted by molar-refractivity contribution is 0.101. The molecule has 0 saturated heterocycles. The van der Waals surface area contributed by atoms with Crippen LogP contribution < -0.4 is 5.32 Å². The highest BCUT2D eigenvalue weighted by molar-refractivity contribution is 7.19. The van der Waals surface area contributed by atoms with E-state index in [1.807, 2.05) is 13.1 Å². The number of amides is 1. The van der Waals surface area contributed by atoms with Crippen LogP contribution in [0.2, 0.25) is 4.34 Å². The molecule has 2 heterocycles. The summed E-state index contributed by atoms with van der Waals surface area (Å²) in [5, 5.41) is 3.09. The van der Waals surface area contributed by atoms with Crippen LogP contribution in [0.1, 0.15) is 28.5 Å². The van der Waals surface area contributed by atoms with Gasteiger partial charge in [0.05, 0.1) is 6.20 Å². The van der Waals surface area contributed by atoms with Crippen LogP contribution in [0.4, 0.5) is 13.9 Å². The number of carbonyl (C=O) groups excluding carboxylic acids is 1. The van der Waals surface area contributed by atoms with E-state index in [9.17, 15) is 13.6 Å². The zero-order valence-electron chi connectivity index (χ0n) is 13.2. The molecule has 0 radical (unpaired) electrons. The molecule has 8 heteroatoms. The van der Waals surface area contributed by atoms with Crippen molar-refractivity contribution in [2.45, 2.75) is 19.9 Å². The third-order valence-electron chi connectivity index (χ3n) is 3.63. The molecule has 0 unspecified atom stereocenters. The maximum atomic E-state index is 13.4. The fourth-order valence-electron chi connectivity index (χ4n) is 2.39. The summed E-state index contributed by atoms with van der Waals surface area (Å²) in [6, 6.07) is 5.46. The fourth-order valence-corrected chi connectivity index (χ4v) is 3.20. The summed E-state index contributed by atoms with van der Waals surface area (Å²) in [5.41, 5.74) is 1.93. The number of nitrogens with zero attached hydrogens (tertiary/aromatic N) is 2. The molecule has 0 fully saturated rings. The van der Waals surface area contributed by atoms with E-state index in [0.29, 0.717) is 20.7 Å². The minimum atomic E-state index is -0.913. The van der Waals surface area contributed by atoms with E-state index in [1.165, 1.54) is 12.3 Å². The van der Waals surface area contributed by atoms with Gasteiger partial charge in [0.25, 0.3) is 5.91 Å². The highest BCUT2D eigenvalue weighted by Crippen LogP contribution is 2.23. The third kappa shape index (κ3) is 4.05. The molecule has 0 saturated carbocycles. The minimum Gasteiger partial charge on any atom is -0.339 e. The topological polar surface area (TPSA) is 46.9 Å². The van der Waals surface area contributed by atoms with E-state index in [0.717, 1.165) is 35.5 Å². The zero-order chi connectivity index (χ0) is 18.0. The maximum Gasteiger partial charge on any atom is 0.274 e. The quantitative estimate of drug-likeness (QED) is 0.694. The van der Waals surface area contributed by atoms with Crippen LogP contribution in [0.5, 0.6) is 0 Å². The average Bonchev–Trinajstić information content (AvgIpc) is 3.17. The lowest BCUT2D eigenvalue weighted by Crippen LogP contribution is -2.17. The molecule has 3 rings (SSSR count). The molecular weight excluding hydrogens is 368 g/mol. The Morgan fingerprint density at radius 3 is 2.72 bits per heavy atom. The number of carbonyl (C=O) groups is 1. The lowest BCUT2D eigenvalue weighted by Gasteiger charge is -2.09. The molecule has 130 valence electrons. The van der Waals surface area contributed by atoms with Gasteiger partial charge in [0.2, 0.25) is 0 Å². The largest absolute Gasteiger partial charge is 0.339 e. The number of hydrogen-bond acceptors (Lipinski definition) is 3. The Kier molecular flexibility index (Phi) is 5.15. The van der Waals surface area contributed by atoms with Crippen molar-refractivity contribution in [2.24, 2.45) is 0 Å². The molecule has 25 heavy (non-hydrogen) atoms. The van der Waals surface area contributed by atoms with E-state index < -0.39 is 11.6 Å². The minimum absolute atomic E-state index is 0.249. The standard InChI is InChI=1S/C17H14ClF2N3OS/c1-2-10-6-14(16(24)22-17-21-7-15(18)25-17)23(8-10)9-11-3-4-12(19)13(20)5-11/h3-8H,2,9H2,1H3,(H,21,22,24). The predicted molar refractivity (Wildman–Crippen MR) is 94.3 cm³/mol. The Bertz CT molecular complexity index is 923. The van der Waals surface area contributed by atoms with Crippen molar-refractivity contribution in [3.8, 4) is 0 Å². The SMILES string of the molecule is CCc1cc(C(=O)Nc2ncc(Cl)s2)n(Cc2ccc(F)c(F)c2)c1. The first kappa shape index (κ1) is 17.6. The van der Waals surface area contributed by atoms with Crippen molar-refractivity contribution < 1.29 is 13.6 Å². The van der Waals surface area contributed by atoms with Gasteiger partial charge in [0.15, 0.2) is 16.8 Å². The van der Waals surface area contributed by atoms with Crippen LogP contribution in [-0.4, -0.2) is 15.5 Å². The summed E-state index contributed by atoms with van der Waals surface area (Å²) >= 11 is 6.97. The molecule has 0 aliphatic heterocycles. The van der Waals surface area contributed by atoms with Gasteiger partial charge in [0.1, 0.15) is 10.0 Å². The maximum absolute atomic E-state index is 13.4. The van der Waals surface area contributed by atoms with Crippen LogP contribution >= 0.6 is 22.9 Å². The number of aromatic nitrogens is 2. The molecule has 2 aromatic heterocycles. The first-order chi connectivity index (χ1) is 12.0. The summed E-state index contributed by atoms with van der Waals surface area (Å²) in [6.07, 6.45) is 4.03. The van der Waals surface area contributed by atoms with Crippen molar-refractivity contribution in [1.29, 1.82) is 0 Å². The van der Waals surface area contributed by atoms with Crippen LogP contribution in [0, 0.1) is 11.6 Å². The van der Waals surface area contributed by atoms with E-state index in [-0.39, 0.29) is 12.5 Å². The second-order valence-electron chi connectivity index (χ2n) is 5.39. The second-order valence-corrected chi connectivity index (χ2v) is 7.05. The molecule has 3 aromatic rings. The molecule has 1 N–H and O–H groups in total. The van der Waals surface area contributed by atoms with Gasteiger partial charge in [-0.3, -0.25) is 10.1 Å². The molecule has 0 atom stereocenters. The Hall–Kier alpha value is -2.25. The molecule has 0 bridgehead atoms. The van der Waals surface area contributed by atoms with Gasteiger partial charge in [-0.25, -0.2) is 13.8 Å². The number of nitrogens with one attached hydrogen (secondary N) is 1. The van der Waals surface area contributed by atoms with Crippen molar-refractivity contribution in [1.82, 2.24) is 9.55 Å². The molecule has 0 aliphatic carbocycles. The Balaban J connectivity index is 1.87. The van der Waals surface area contributed by atoms with Crippen molar-refractivity contribution >= 4 is 34.0 Å². The summed E-state index contributed by atoms with van der Waals surface area (Å²) in [5.74, 6) is -2.15. The second kappa shape index (κ2) is 7.33. The van der Waals surface area contributed by atoms with Crippen LogP contribution in [0.15, 0.2) is 36.7 Å². The zero-order valence-corrected chi connectivity index (χ0v) is 14.8. The number of thiazole rings is 1. The van der Waals surface area contributed by atoms with Gasteiger partial charge in [-0.05, 0) is 35.7 Å². The van der Waals surface area contributed by atoms with Crippen LogP contribution in [0.3, 0.4) is 0 Å². The summed E-state index contributed by atoms with van der Waals surface area (Å²) in [7, 11) is 0. The first-order valence-electron chi connectivity index (χ1n) is 7.52. The van der Waals surface area contributed by atoms with Gasteiger partial charge in [-0.2, -0.15) is 0 Å². The van der Waals surface area contributed by atoms with Gasteiger partial charge < -0.3 is 4.57 Å². The number of benzene rings is 1. The summed E-state index contributed by atoms with van der Waals surface area (Å²) < 4.78 is 28.7. The number of halogens is 3. The molecular formula is C17H14ClF2N3OS. The van der Waals surface area contributed by atoms with Crippen molar-refractivity contribution in [3.05, 3.63) is 69.5 Å². The van der Waals surface area contributed by atoms with Crippen molar-refractivity contribution in [3.63, 3.8) is 0 Å². The van der Waals surface area contributed by atoms with E-state index in [2.05, 4.69) is 10.3 Å². The average molecular weight is 382 g/mol. The Labute approximate surface area is 152 Å². The molecule has 1 amide bonds. The van der Waals surface area contributed by atoms with E-state index in [4.69, 9.17) is 11.6 Å². The predicted octanol–water partition coefficient (Wildman–Crippen LogP) is 4.74. The Morgan fingerprint density at radius 2 is 2.08 bits per heavy atom. The molecule has 0 spiro atoms. The number of aryl methyl sites for hydroxylation is 1. The van der Waals surface area contributed by atoms with Crippen molar-refractivity contribution in [2.75, 3.05) is 5.32 Å². The number of anilines is 1. The van der Waals surface area contributed by atoms with E-state index in [1.54, 1.807) is 10.6 Å². The first-order valence-corrected chi connectivity index (χ1v) is 8.71. The van der Waals surface area contributed by atoms with Crippen LogP contribution in [-0.2, 0) is 13.0 Å². The van der Waals surface area contributed by atoms with Gasteiger partial charge in [-0.15, -0.1) is 0 Å². The van der Waals surface area contributed by atoms with Gasteiger partial charge in [-0.1, -0.05) is 35.9 Å². The fraction of sp³-hybridized carbons (Fsp3) is 0.176. The Morgan fingerprint density at radius 1 is 1.28 bits per heavy atom. The normalized spacial score (nSPS) is 10.9. The van der Waals surface area contributed by atoms with Crippen LogP contribution in [0.25, 0.3) is 0 Å². The highest BCUT2D eigenvalue weighted by atomic mass is 35.5. The number of hydrogen-bond donors (Lipinski definition) is 1. The third-order valence-corrected chi connectivity index (χ3v) is 4.66. The monoisotopic (exact) mass is 381 g/mol.